The summed E-state index contributed by atoms with van der Waals surface area (Å²) in [6.45, 7) is -0.267. The molecule has 14 aromatic carbocycles. The lowest BCUT2D eigenvalue weighted by atomic mass is 9.35. The van der Waals surface area contributed by atoms with Crippen LogP contribution in [0.25, 0.3) is 92.8 Å². The van der Waals surface area contributed by atoms with Gasteiger partial charge in [0.2, 0.25) is 0 Å². The van der Waals surface area contributed by atoms with Crippen molar-refractivity contribution < 1.29 is 12.2 Å². The lowest BCUT2D eigenvalue weighted by molar-refractivity contribution is 0.464. The van der Waals surface area contributed by atoms with Gasteiger partial charge in [-0.05, 0) is 146 Å². The molecule has 0 saturated heterocycles. The molecule has 17 rings (SSSR count). The summed E-state index contributed by atoms with van der Waals surface area (Å²) in [5.74, 6) is 2.22. The Hall–Kier alpha value is -10.2. The van der Waals surface area contributed by atoms with Crippen molar-refractivity contribution in [1.29, 1.82) is 0 Å². The second-order valence-electron chi connectivity index (χ2n) is 21.6. The molecule has 81 heavy (non-hydrogen) atoms. The molecule has 0 amide bonds. The van der Waals surface area contributed by atoms with Crippen molar-refractivity contribution >= 4 is 117 Å². The molecule has 1 aromatic heterocycles. The van der Waals surface area contributed by atoms with E-state index in [2.05, 4.69) is 247 Å². The zero-order chi connectivity index (χ0) is 54.9. The van der Waals surface area contributed by atoms with Crippen LogP contribution in [0.5, 0.6) is 23.0 Å². The summed E-state index contributed by atoms with van der Waals surface area (Å²) >= 11 is 0. The molecule has 0 radical (unpaired) electrons. The molecule has 0 atom stereocenters. The zero-order valence-corrected chi connectivity index (χ0v) is 44.9. The molecule has 2 aliphatic heterocycles. The predicted octanol–water partition coefficient (Wildman–Crippen LogP) is 14.8. The first-order valence-corrected chi connectivity index (χ1v) is 29.8. The first kappa shape index (κ1) is 43.7. The summed E-state index contributed by atoms with van der Waals surface area (Å²) in [6, 6.07) is 101. The minimum absolute atomic E-state index is 0.139. The van der Waals surface area contributed by atoms with Crippen LogP contribution in [-0.4, -0.2) is 19.4 Å². The van der Waals surface area contributed by atoms with E-state index in [4.69, 9.17) is 9.47 Å². The SMILES string of the molecule is [2H]c1c2c3c(c([2H])c1-n1c4ccc(-c5c6ccccc6cc6ccccc56)cc4c4cc(-c5c6ccccc6cc6cc([Si](c7ccccc7)(c7ccccc7)c7ccccc7)ccc56)ccc41)Oc1ccccc1B3c1ccccc1O2. The molecular formula is C76H48BNO2Si. The number of ether oxygens (including phenoxy) is 2. The van der Waals surface area contributed by atoms with Crippen LogP contribution in [0.3, 0.4) is 0 Å². The molecule has 376 valence electrons. The Morgan fingerprint density at radius 1 is 0.321 bits per heavy atom. The van der Waals surface area contributed by atoms with Gasteiger partial charge in [0.25, 0.3) is 6.71 Å². The van der Waals surface area contributed by atoms with Crippen molar-refractivity contribution in [2.45, 2.75) is 0 Å². The number of rotatable bonds is 7. The predicted molar refractivity (Wildman–Crippen MR) is 343 cm³/mol. The van der Waals surface area contributed by atoms with Crippen molar-refractivity contribution in [3.63, 3.8) is 0 Å². The molecule has 5 heteroatoms. The topological polar surface area (TPSA) is 23.4 Å². The number of para-hydroxylation sites is 2. The van der Waals surface area contributed by atoms with Crippen LogP contribution < -0.4 is 46.6 Å². The van der Waals surface area contributed by atoms with Gasteiger partial charge in [-0.1, -0.05) is 231 Å². The van der Waals surface area contributed by atoms with Gasteiger partial charge in [-0.15, -0.1) is 0 Å². The summed E-state index contributed by atoms with van der Waals surface area (Å²) in [7, 11) is -2.86. The van der Waals surface area contributed by atoms with Gasteiger partial charge in [-0.25, -0.2) is 0 Å². The van der Waals surface area contributed by atoms with Gasteiger partial charge in [-0.3, -0.25) is 0 Å². The van der Waals surface area contributed by atoms with Crippen LogP contribution in [0.1, 0.15) is 2.74 Å². The van der Waals surface area contributed by atoms with Crippen LogP contribution in [0, 0.1) is 0 Å². The third-order valence-electron chi connectivity index (χ3n) is 17.4. The maximum absolute atomic E-state index is 10.3. The Balaban J connectivity index is 0.943. The molecule has 0 N–H and O–H groups in total. The lowest BCUT2D eigenvalue weighted by Gasteiger charge is -2.34. The molecular weight excluding hydrogens is 998 g/mol. The van der Waals surface area contributed by atoms with E-state index in [9.17, 15) is 2.74 Å². The van der Waals surface area contributed by atoms with Gasteiger partial charge >= 0.3 is 0 Å². The Kier molecular flexibility index (Phi) is 9.68. The van der Waals surface area contributed by atoms with Gasteiger partial charge < -0.3 is 14.0 Å². The van der Waals surface area contributed by atoms with Crippen molar-refractivity contribution in [2.75, 3.05) is 0 Å². The van der Waals surface area contributed by atoms with Crippen LogP contribution in [-0.2, 0) is 0 Å². The number of hydrogen-bond donors (Lipinski definition) is 0. The third-order valence-corrected chi connectivity index (χ3v) is 22.2. The van der Waals surface area contributed by atoms with Crippen molar-refractivity contribution in [3.8, 4) is 50.9 Å². The van der Waals surface area contributed by atoms with Gasteiger partial charge in [0.15, 0.2) is 8.07 Å². The highest BCUT2D eigenvalue weighted by Gasteiger charge is 2.42. The molecule has 0 bridgehead atoms. The fourth-order valence-corrected chi connectivity index (χ4v) is 18.7. The molecule has 15 aromatic rings. The molecule has 2 aliphatic rings. The molecule has 0 fully saturated rings. The number of benzene rings is 14. The van der Waals surface area contributed by atoms with Gasteiger partial charge in [-0.2, -0.15) is 0 Å². The number of fused-ring (bicyclic) bond motifs is 11. The highest BCUT2D eigenvalue weighted by molar-refractivity contribution is 7.20. The van der Waals surface area contributed by atoms with E-state index in [1.807, 2.05) is 36.4 Å². The zero-order valence-electron chi connectivity index (χ0n) is 45.9. The van der Waals surface area contributed by atoms with Gasteiger partial charge in [0.05, 0.1) is 19.5 Å². The molecule has 0 spiro atoms. The number of aromatic nitrogens is 1. The molecule has 0 aliphatic carbocycles. The Morgan fingerprint density at radius 2 is 0.728 bits per heavy atom. The van der Waals surface area contributed by atoms with E-state index in [1.54, 1.807) is 0 Å². The van der Waals surface area contributed by atoms with Crippen molar-refractivity contribution in [2.24, 2.45) is 0 Å². The van der Waals surface area contributed by atoms with Crippen molar-refractivity contribution in [3.05, 3.63) is 291 Å². The fraction of sp³-hybridized carbons (Fsp3) is 0. The first-order valence-electron chi connectivity index (χ1n) is 28.8. The van der Waals surface area contributed by atoms with Crippen LogP contribution in [0.2, 0.25) is 0 Å². The maximum Gasteiger partial charge on any atom is 0.260 e. The second-order valence-corrected chi connectivity index (χ2v) is 25.4. The average molecular weight is 1050 g/mol. The largest absolute Gasteiger partial charge is 0.458 e. The summed E-state index contributed by atoms with van der Waals surface area (Å²) in [5, 5.41) is 16.7. The van der Waals surface area contributed by atoms with Gasteiger partial charge in [0.1, 0.15) is 23.0 Å². The first-order chi connectivity index (χ1) is 41.0. The summed E-state index contributed by atoms with van der Waals surface area (Å²) in [4.78, 5) is 0. The van der Waals surface area contributed by atoms with E-state index in [1.165, 1.54) is 53.2 Å². The van der Waals surface area contributed by atoms with Crippen molar-refractivity contribution in [1.82, 2.24) is 4.57 Å². The fourth-order valence-electron chi connectivity index (χ4n) is 13.9. The summed E-state index contributed by atoms with van der Waals surface area (Å²) in [6.07, 6.45) is 0. The van der Waals surface area contributed by atoms with E-state index < -0.39 is 8.07 Å². The highest BCUT2D eigenvalue weighted by Crippen LogP contribution is 2.45. The van der Waals surface area contributed by atoms with Crippen LogP contribution in [0.15, 0.2) is 291 Å². The smallest absolute Gasteiger partial charge is 0.260 e. The average Bonchev–Trinajstić information content (AvgIpc) is 2.71. The molecule has 0 unspecified atom stereocenters. The number of hydrogen-bond acceptors (Lipinski definition) is 2. The minimum atomic E-state index is -2.86. The highest BCUT2D eigenvalue weighted by atomic mass is 28.3. The minimum Gasteiger partial charge on any atom is -0.458 e. The maximum atomic E-state index is 10.3. The van der Waals surface area contributed by atoms with Crippen LogP contribution >= 0.6 is 0 Å². The lowest BCUT2D eigenvalue weighted by Crippen LogP contribution is -2.74. The quantitative estimate of drug-likeness (QED) is 0.0902. The van der Waals surface area contributed by atoms with Crippen LogP contribution in [0.4, 0.5) is 0 Å². The molecule has 3 heterocycles. The second kappa shape index (κ2) is 17.9. The Labute approximate surface area is 473 Å². The monoisotopic (exact) mass is 1050 g/mol. The third kappa shape index (κ3) is 6.89. The Bertz CT molecular complexity index is 4970. The number of nitrogens with zero attached hydrogens (tertiary/aromatic N) is 1. The Morgan fingerprint density at radius 3 is 1.21 bits per heavy atom. The van der Waals surface area contributed by atoms with E-state index in [0.29, 0.717) is 28.7 Å². The van der Waals surface area contributed by atoms with E-state index in [0.717, 1.165) is 71.0 Å². The molecule has 3 nitrogen and oxygen atoms in total. The summed E-state index contributed by atoms with van der Waals surface area (Å²) in [5.41, 5.74) is 9.33. The summed E-state index contributed by atoms with van der Waals surface area (Å²) < 4.78 is 36.5. The van der Waals surface area contributed by atoms with E-state index >= 15 is 0 Å². The normalized spacial score (nSPS) is 13.0. The molecule has 0 saturated carbocycles. The van der Waals surface area contributed by atoms with Gasteiger partial charge in [0, 0.05) is 28.3 Å². The standard InChI is InChI=1S/C76H48BNO2Si/c1-4-23-56(24-5-1)81(57-25-6-2-7-26-57,58-27-8-3-9-28-58)59-38-39-63-54(44-59)43-51-22-12-15-31-62(51)75(63)53-37-41-69-65(46-53)64-45-52(74-60-29-13-10-20-49(60)42-50-21-11-14-30-61(50)74)36-40-68(64)78(69)55-47-72-76-73(48-55)80-71-35-19-17-33-67(71)77(76)66-32-16-18-34-70(66)79-72/h1-48H/i47D,48D. The van der Waals surface area contributed by atoms with E-state index in [-0.39, 0.29) is 18.8 Å².